The number of aromatic nitrogens is 1. The molecule has 0 atom stereocenters. The van der Waals surface area contributed by atoms with Crippen LogP contribution in [0.15, 0.2) is 46.1 Å². The Labute approximate surface area is 162 Å². The van der Waals surface area contributed by atoms with Gasteiger partial charge < -0.3 is 9.64 Å². The molecule has 1 aromatic heterocycles. The topological polar surface area (TPSA) is 95.4 Å². The number of nitrogens with zero attached hydrogens (tertiary/aromatic N) is 4. The maximum absolute atomic E-state index is 10.8. The molecule has 1 aliphatic rings. The average Bonchev–Trinajstić information content (AvgIpc) is 3.11. The molecule has 0 radical (unpaired) electrons. The monoisotopic (exact) mass is 411 g/mol. The van der Waals surface area contributed by atoms with Gasteiger partial charge in [0.1, 0.15) is 11.9 Å². The van der Waals surface area contributed by atoms with Gasteiger partial charge in [0.05, 0.1) is 30.6 Å². The van der Waals surface area contributed by atoms with Crippen LogP contribution in [-0.2, 0) is 21.4 Å². The molecule has 0 aliphatic carbocycles. The van der Waals surface area contributed by atoms with Crippen LogP contribution in [0.4, 0.5) is 16.5 Å². The first-order chi connectivity index (χ1) is 13.0. The number of rotatable bonds is 8. The van der Waals surface area contributed by atoms with E-state index in [1.54, 1.807) is 0 Å². The highest BCUT2D eigenvalue weighted by molar-refractivity contribution is 7.85. The number of aryl methyl sites for hydroxylation is 1. The third kappa shape index (κ3) is 6.35. The summed E-state index contributed by atoms with van der Waals surface area (Å²) in [7, 11) is -3.89. The Balaban J connectivity index is 1.55. The van der Waals surface area contributed by atoms with Gasteiger partial charge in [-0.05, 0) is 53.6 Å². The van der Waals surface area contributed by atoms with E-state index in [4.69, 9.17) is 9.29 Å². The fraction of sp³-hybridized carbons (Fsp3) is 0.471. The Hall–Kier alpha value is -1.88. The van der Waals surface area contributed by atoms with Crippen molar-refractivity contribution in [1.29, 1.82) is 0 Å². The first-order valence-corrected chi connectivity index (χ1v) is 11.3. The lowest BCUT2D eigenvalue weighted by atomic mass is 10.2. The zero-order valence-electron chi connectivity index (χ0n) is 14.9. The third-order valence-corrected chi connectivity index (χ3v) is 5.78. The second-order valence-corrected chi connectivity index (χ2v) is 8.63. The van der Waals surface area contributed by atoms with Gasteiger partial charge in [0, 0.05) is 24.2 Å². The molecule has 146 valence electrons. The molecular weight excluding hydrogens is 388 g/mol. The first kappa shape index (κ1) is 19.9. The van der Waals surface area contributed by atoms with Gasteiger partial charge in [0.15, 0.2) is 0 Å². The van der Waals surface area contributed by atoms with Crippen molar-refractivity contribution in [2.45, 2.75) is 19.4 Å². The van der Waals surface area contributed by atoms with Gasteiger partial charge in [-0.2, -0.15) is 8.42 Å². The molecular formula is C17H23N4O4S2+. The van der Waals surface area contributed by atoms with Gasteiger partial charge in [-0.1, -0.05) is 0 Å². The molecule has 27 heavy (non-hydrogen) atoms. The van der Waals surface area contributed by atoms with Crippen molar-refractivity contribution >= 4 is 38.0 Å². The molecule has 3 rings (SSSR count). The van der Waals surface area contributed by atoms with E-state index >= 15 is 0 Å². The number of hydrogen-bond donors (Lipinski definition) is 1. The van der Waals surface area contributed by atoms with Crippen molar-refractivity contribution < 1.29 is 22.3 Å². The van der Waals surface area contributed by atoms with E-state index in [9.17, 15) is 8.42 Å². The van der Waals surface area contributed by atoms with Crippen molar-refractivity contribution in [3.05, 3.63) is 35.8 Å². The summed E-state index contributed by atoms with van der Waals surface area (Å²) in [5.74, 6) is -0.218. The van der Waals surface area contributed by atoms with E-state index in [-0.39, 0.29) is 5.75 Å². The van der Waals surface area contributed by atoms with Crippen molar-refractivity contribution in [1.82, 2.24) is 0 Å². The lowest BCUT2D eigenvalue weighted by Gasteiger charge is -2.28. The quantitative estimate of drug-likeness (QED) is 0.312. The highest BCUT2D eigenvalue weighted by Gasteiger charge is 2.13. The van der Waals surface area contributed by atoms with Gasteiger partial charge in [-0.15, -0.1) is 0 Å². The molecule has 1 aliphatic heterocycles. The zero-order valence-corrected chi connectivity index (χ0v) is 16.5. The lowest BCUT2D eigenvalue weighted by molar-refractivity contribution is -0.680. The summed E-state index contributed by atoms with van der Waals surface area (Å²) in [4.78, 5) is 2.28. The molecule has 2 heterocycles. The number of morpholine rings is 1. The minimum absolute atomic E-state index is 0.218. The number of azo groups is 1. The lowest BCUT2D eigenvalue weighted by Crippen LogP contribution is -2.36. The third-order valence-electron chi connectivity index (χ3n) is 4.19. The van der Waals surface area contributed by atoms with E-state index in [1.807, 2.05) is 40.4 Å². The maximum Gasteiger partial charge on any atom is 0.408 e. The molecule has 0 unspecified atom stereocenters. The Morgan fingerprint density at radius 1 is 1.15 bits per heavy atom. The van der Waals surface area contributed by atoms with E-state index in [0.717, 1.165) is 42.8 Å². The van der Waals surface area contributed by atoms with E-state index in [2.05, 4.69) is 15.1 Å². The Morgan fingerprint density at radius 2 is 1.89 bits per heavy atom. The van der Waals surface area contributed by atoms with Crippen LogP contribution in [-0.4, -0.2) is 45.0 Å². The Morgan fingerprint density at radius 3 is 2.59 bits per heavy atom. The highest BCUT2D eigenvalue weighted by atomic mass is 32.2. The fourth-order valence-corrected chi connectivity index (χ4v) is 4.04. The minimum atomic E-state index is -3.89. The minimum Gasteiger partial charge on any atom is -0.378 e. The molecule has 0 spiro atoms. The first-order valence-electron chi connectivity index (χ1n) is 8.78. The second kappa shape index (κ2) is 9.36. The average molecular weight is 412 g/mol. The standard InChI is InChI=1S/C17H22N4O4S2/c22-27(23,24)14-2-1-7-21-10-13-26-17(21)19-18-15-3-5-16(6-4-15)20-8-11-25-12-9-20/h3-6,10,13H,1-2,7-9,11-12,14H2/p+1. The number of anilines is 1. The van der Waals surface area contributed by atoms with Crippen molar-refractivity contribution in [3.63, 3.8) is 0 Å². The molecule has 10 heteroatoms. The Bertz CT molecular complexity index is 859. The summed E-state index contributed by atoms with van der Waals surface area (Å²) < 4.78 is 37.6. The van der Waals surface area contributed by atoms with Crippen LogP contribution in [0.5, 0.6) is 0 Å². The van der Waals surface area contributed by atoms with Gasteiger partial charge in [0.25, 0.3) is 10.1 Å². The number of hydrogen-bond acceptors (Lipinski definition) is 7. The highest BCUT2D eigenvalue weighted by Crippen LogP contribution is 2.23. The molecule has 1 aromatic carbocycles. The SMILES string of the molecule is O=S(=O)(O)CCCC[n+]1ccsc1N=Nc1ccc(N2CCOCC2)cc1. The molecule has 0 bridgehead atoms. The number of unbranched alkanes of at least 4 members (excludes halogenated alkanes) is 1. The van der Waals surface area contributed by atoms with E-state index < -0.39 is 10.1 Å². The van der Waals surface area contributed by atoms with E-state index in [1.165, 1.54) is 11.3 Å². The fourth-order valence-electron chi connectivity index (χ4n) is 2.77. The Kier molecular flexibility index (Phi) is 6.89. The van der Waals surface area contributed by atoms with Gasteiger partial charge in [-0.25, -0.2) is 4.57 Å². The molecule has 1 N–H and O–H groups in total. The van der Waals surface area contributed by atoms with Crippen molar-refractivity contribution in [2.75, 3.05) is 37.0 Å². The second-order valence-electron chi connectivity index (χ2n) is 6.19. The van der Waals surface area contributed by atoms with Crippen LogP contribution in [0.2, 0.25) is 0 Å². The van der Waals surface area contributed by atoms with Gasteiger partial charge in [0.2, 0.25) is 0 Å². The van der Waals surface area contributed by atoms with E-state index in [0.29, 0.717) is 19.4 Å². The van der Waals surface area contributed by atoms with Crippen LogP contribution in [0.25, 0.3) is 0 Å². The predicted molar refractivity (Wildman–Crippen MR) is 104 cm³/mol. The van der Waals surface area contributed by atoms with Gasteiger partial charge >= 0.3 is 5.13 Å². The maximum atomic E-state index is 10.8. The molecule has 2 aromatic rings. The van der Waals surface area contributed by atoms with Gasteiger partial charge in [-0.3, -0.25) is 4.55 Å². The normalized spacial score (nSPS) is 15.5. The summed E-state index contributed by atoms with van der Waals surface area (Å²) >= 11 is 1.47. The molecule has 0 saturated carbocycles. The number of ether oxygens (including phenoxy) is 1. The predicted octanol–water partition coefficient (Wildman–Crippen LogP) is 2.96. The summed E-state index contributed by atoms with van der Waals surface area (Å²) in [6.45, 7) is 3.93. The molecule has 8 nitrogen and oxygen atoms in total. The number of thiazole rings is 1. The van der Waals surface area contributed by atoms with Crippen molar-refractivity contribution in [3.8, 4) is 0 Å². The van der Waals surface area contributed by atoms with Crippen LogP contribution < -0.4 is 9.47 Å². The van der Waals surface area contributed by atoms with Crippen molar-refractivity contribution in [2.24, 2.45) is 10.2 Å². The summed E-state index contributed by atoms with van der Waals surface area (Å²) in [6, 6.07) is 7.96. The van der Waals surface area contributed by atoms with Crippen LogP contribution >= 0.6 is 11.3 Å². The molecule has 1 saturated heterocycles. The van der Waals surface area contributed by atoms with Crippen LogP contribution in [0.3, 0.4) is 0 Å². The summed E-state index contributed by atoms with van der Waals surface area (Å²) in [5.41, 5.74) is 1.93. The molecule has 1 fully saturated rings. The summed E-state index contributed by atoms with van der Waals surface area (Å²) in [5, 5.41) is 11.3. The zero-order chi connectivity index (χ0) is 19.1. The number of benzene rings is 1. The smallest absolute Gasteiger partial charge is 0.378 e. The van der Waals surface area contributed by atoms with Crippen LogP contribution in [0, 0.1) is 0 Å². The summed E-state index contributed by atoms with van der Waals surface area (Å²) in [6.07, 6.45) is 2.94. The largest absolute Gasteiger partial charge is 0.408 e. The van der Waals surface area contributed by atoms with Crippen LogP contribution in [0.1, 0.15) is 12.8 Å². The molecule has 0 amide bonds.